The van der Waals surface area contributed by atoms with Gasteiger partial charge in [-0.2, -0.15) is 5.10 Å². The van der Waals surface area contributed by atoms with Crippen LogP contribution in [0.15, 0.2) is 118 Å². The van der Waals surface area contributed by atoms with Crippen LogP contribution in [0.5, 0.6) is 0 Å². The molecule has 5 nitrogen and oxygen atoms in total. The Kier molecular flexibility index (Phi) is 6.18. The van der Waals surface area contributed by atoms with E-state index in [-0.39, 0.29) is 5.41 Å². The average molecular weight is 546 g/mol. The first-order chi connectivity index (χ1) is 19.5. The number of hydrazone groups is 1. The van der Waals surface area contributed by atoms with Gasteiger partial charge < -0.3 is 4.90 Å². The predicted octanol–water partition coefficient (Wildman–Crippen LogP) is 9.13. The molecule has 0 aliphatic carbocycles. The van der Waals surface area contributed by atoms with Crippen LogP contribution in [0.1, 0.15) is 38.7 Å². The molecule has 4 aromatic rings. The molecule has 0 spiro atoms. The van der Waals surface area contributed by atoms with Gasteiger partial charge in [0.25, 0.3) is 0 Å². The van der Waals surface area contributed by atoms with Gasteiger partial charge in [-0.1, -0.05) is 93.1 Å². The highest BCUT2D eigenvalue weighted by molar-refractivity contribution is 7.71. The molecule has 1 saturated heterocycles. The number of anilines is 2. The van der Waals surface area contributed by atoms with Crippen LogP contribution in [0.2, 0.25) is 0 Å². The van der Waals surface area contributed by atoms with E-state index in [9.17, 15) is 0 Å². The van der Waals surface area contributed by atoms with Crippen molar-refractivity contribution in [2.75, 3.05) is 29.8 Å². The Morgan fingerprint density at radius 1 is 0.775 bits per heavy atom. The first kappa shape index (κ1) is 25.3. The molecule has 0 aromatic heterocycles. The van der Waals surface area contributed by atoms with Crippen LogP contribution >= 0.6 is 7.36 Å². The lowest BCUT2D eigenvalue weighted by Gasteiger charge is -2.43. The summed E-state index contributed by atoms with van der Waals surface area (Å²) in [6, 6.07) is 34.6. The monoisotopic (exact) mass is 545 g/mol. The Morgan fingerprint density at radius 2 is 1.48 bits per heavy atom. The van der Waals surface area contributed by atoms with Gasteiger partial charge in [0.05, 0.1) is 22.9 Å². The topological polar surface area (TPSA) is 34.4 Å². The van der Waals surface area contributed by atoms with Gasteiger partial charge in [-0.25, -0.2) is 14.2 Å². The Morgan fingerprint density at radius 3 is 2.27 bits per heavy atom. The second-order valence-electron chi connectivity index (χ2n) is 11.5. The summed E-state index contributed by atoms with van der Waals surface area (Å²) in [6.07, 6.45) is 5.76. The molecule has 0 saturated carbocycles. The standard InChI is InChI=1S/C34H36N5P/c1-34(2)29-20-10-11-22-31(29)37(3)33(34)32-25-35-39(27-17-6-4-7-18-27)40(32,38-23-12-5-13-24-38)36-30-21-14-16-26-15-8-9-19-28(26)30/h4,6-11,14-22,25H,5,12-13,23-24H2,1-3H3/b33-32+. The summed E-state index contributed by atoms with van der Waals surface area (Å²) in [6.45, 7) is 6.75. The maximum atomic E-state index is 5.94. The highest BCUT2D eigenvalue weighted by Gasteiger charge is 2.49. The van der Waals surface area contributed by atoms with Crippen molar-refractivity contribution >= 4 is 41.4 Å². The fourth-order valence-corrected chi connectivity index (χ4v) is 10.8. The lowest BCUT2D eigenvalue weighted by Crippen LogP contribution is -2.34. The largest absolute Gasteiger partial charge is 0.346 e. The molecule has 40 heavy (non-hydrogen) atoms. The van der Waals surface area contributed by atoms with Crippen molar-refractivity contribution in [2.45, 2.75) is 38.5 Å². The van der Waals surface area contributed by atoms with Crippen molar-refractivity contribution in [2.24, 2.45) is 9.85 Å². The zero-order valence-electron chi connectivity index (χ0n) is 23.5. The van der Waals surface area contributed by atoms with Crippen molar-refractivity contribution in [3.63, 3.8) is 0 Å². The minimum atomic E-state index is -2.58. The molecule has 0 bridgehead atoms. The van der Waals surface area contributed by atoms with Crippen molar-refractivity contribution in [3.8, 4) is 0 Å². The average Bonchev–Trinajstić information content (AvgIpc) is 3.46. The van der Waals surface area contributed by atoms with E-state index < -0.39 is 7.36 Å². The van der Waals surface area contributed by atoms with Gasteiger partial charge in [0.2, 0.25) is 0 Å². The molecule has 0 amide bonds. The predicted molar refractivity (Wildman–Crippen MR) is 171 cm³/mol. The molecule has 1 atom stereocenters. The quantitative estimate of drug-likeness (QED) is 0.241. The van der Waals surface area contributed by atoms with E-state index in [0.29, 0.717) is 0 Å². The Balaban J connectivity index is 1.59. The number of rotatable bonds is 3. The Hall–Kier alpha value is -3.66. The number of likely N-dealkylation sites (N-methyl/N-ethyl adjacent to an activating group) is 1. The van der Waals surface area contributed by atoms with E-state index in [2.05, 4.69) is 139 Å². The van der Waals surface area contributed by atoms with Crippen molar-refractivity contribution < 1.29 is 0 Å². The number of allylic oxidation sites excluding steroid dienone is 2. The van der Waals surface area contributed by atoms with E-state index in [4.69, 9.17) is 9.85 Å². The summed E-state index contributed by atoms with van der Waals surface area (Å²) >= 11 is 0. The third-order valence-electron chi connectivity index (χ3n) is 8.71. The summed E-state index contributed by atoms with van der Waals surface area (Å²) in [4.78, 5) is 2.41. The number of hydrogen-bond donors (Lipinski definition) is 0. The van der Waals surface area contributed by atoms with Gasteiger partial charge in [-0.05, 0) is 48.1 Å². The smallest absolute Gasteiger partial charge is 0.179 e. The molecular formula is C34H36N5P. The molecule has 0 radical (unpaired) electrons. The number of benzene rings is 4. The number of nitrogens with zero attached hydrogens (tertiary/aromatic N) is 5. The highest BCUT2D eigenvalue weighted by atomic mass is 31.2. The zero-order chi connectivity index (χ0) is 27.3. The molecule has 6 heteroatoms. The second-order valence-corrected chi connectivity index (χ2v) is 14.2. The van der Waals surface area contributed by atoms with Crippen LogP contribution in [0, 0.1) is 0 Å². The van der Waals surface area contributed by atoms with E-state index >= 15 is 0 Å². The third kappa shape index (κ3) is 3.79. The molecule has 0 N–H and O–H groups in total. The van der Waals surface area contributed by atoms with Crippen LogP contribution in [-0.2, 0) is 5.41 Å². The van der Waals surface area contributed by atoms with Gasteiger partial charge in [-0.3, -0.25) is 0 Å². The number of piperidine rings is 1. The number of hydrogen-bond acceptors (Lipinski definition) is 3. The van der Waals surface area contributed by atoms with Gasteiger partial charge >= 0.3 is 0 Å². The van der Waals surface area contributed by atoms with Crippen LogP contribution in [0.4, 0.5) is 17.1 Å². The van der Waals surface area contributed by atoms with Gasteiger partial charge in [0, 0.05) is 42.3 Å². The molecule has 7 rings (SSSR count). The van der Waals surface area contributed by atoms with Crippen LogP contribution in [0.3, 0.4) is 0 Å². The Bertz CT molecular complexity index is 1690. The van der Waals surface area contributed by atoms with Crippen LogP contribution < -0.4 is 9.68 Å². The molecule has 3 aliphatic heterocycles. The maximum Gasteiger partial charge on any atom is 0.179 e. The lowest BCUT2D eigenvalue weighted by molar-refractivity contribution is 0.366. The lowest BCUT2D eigenvalue weighted by atomic mass is 9.84. The molecule has 4 aromatic carbocycles. The summed E-state index contributed by atoms with van der Waals surface area (Å²) in [5, 5.41) is 8.90. The van der Waals surface area contributed by atoms with E-state index in [0.717, 1.165) is 24.5 Å². The third-order valence-corrected chi connectivity index (χ3v) is 12.2. The molecule has 1 unspecified atom stereocenters. The number of para-hydroxylation sites is 2. The minimum absolute atomic E-state index is 0.186. The summed E-state index contributed by atoms with van der Waals surface area (Å²) in [5.41, 5.74) is 5.87. The number of fused-ring (bicyclic) bond motifs is 2. The maximum absolute atomic E-state index is 5.94. The molecule has 3 heterocycles. The molecule has 3 aliphatic rings. The van der Waals surface area contributed by atoms with Gasteiger partial charge in [-0.15, -0.1) is 0 Å². The fraction of sp³-hybridized carbons (Fsp3) is 0.265. The SMILES string of the molecule is CN1/C(=C2\C=NN(c3ccccc3)P2(=Nc2cccc3ccccc23)N2CCCCC2)C(C)(C)c2ccccc21. The normalized spacial score (nSPS) is 24.1. The molecule has 1 fully saturated rings. The first-order valence-corrected chi connectivity index (χ1v) is 16.0. The fourth-order valence-electron chi connectivity index (χ4n) is 6.84. The first-order valence-electron chi connectivity index (χ1n) is 14.4. The second kappa shape index (κ2) is 9.76. The zero-order valence-corrected chi connectivity index (χ0v) is 24.4. The summed E-state index contributed by atoms with van der Waals surface area (Å²) < 4.78 is 10.9. The molecular weight excluding hydrogens is 509 g/mol. The highest BCUT2D eigenvalue weighted by Crippen LogP contribution is 2.71. The van der Waals surface area contributed by atoms with Crippen molar-refractivity contribution in [1.29, 1.82) is 0 Å². The van der Waals surface area contributed by atoms with Gasteiger partial charge in [0.1, 0.15) is 0 Å². The van der Waals surface area contributed by atoms with E-state index in [1.807, 2.05) is 0 Å². The van der Waals surface area contributed by atoms with Crippen LogP contribution in [0.25, 0.3) is 10.8 Å². The molecule has 202 valence electrons. The summed E-state index contributed by atoms with van der Waals surface area (Å²) in [5.74, 6) is 0. The van der Waals surface area contributed by atoms with Gasteiger partial charge in [0.15, 0.2) is 7.36 Å². The summed E-state index contributed by atoms with van der Waals surface area (Å²) in [7, 11) is -0.358. The minimum Gasteiger partial charge on any atom is -0.346 e. The van der Waals surface area contributed by atoms with Crippen LogP contribution in [-0.4, -0.2) is 31.0 Å². The van der Waals surface area contributed by atoms with E-state index in [1.165, 1.54) is 52.3 Å². The Labute approximate surface area is 237 Å². The van der Waals surface area contributed by atoms with E-state index in [1.54, 1.807) is 0 Å². The van der Waals surface area contributed by atoms with Crippen molar-refractivity contribution in [1.82, 2.24) is 4.67 Å². The van der Waals surface area contributed by atoms with Crippen molar-refractivity contribution in [3.05, 3.63) is 114 Å².